The molecule has 8 heteroatoms. The third-order valence-electron chi connectivity index (χ3n) is 6.88. The number of nitrogens with one attached hydrogen (secondary N) is 1. The summed E-state index contributed by atoms with van der Waals surface area (Å²) < 4.78 is 1.81. The second kappa shape index (κ2) is 10.6. The van der Waals surface area contributed by atoms with Crippen molar-refractivity contribution in [2.24, 2.45) is 0 Å². The van der Waals surface area contributed by atoms with Crippen molar-refractivity contribution >= 4 is 34.5 Å². The molecule has 0 unspecified atom stereocenters. The molecule has 35 heavy (non-hydrogen) atoms. The van der Waals surface area contributed by atoms with E-state index < -0.39 is 0 Å². The lowest BCUT2D eigenvalue weighted by Gasteiger charge is -2.18. The molecule has 2 heterocycles. The largest absolute Gasteiger partial charge is 0.351 e. The molecule has 2 aromatic carbocycles. The standard InChI is InChI=1S/C27H30N4O3S/c32-24(28-17-19-11-13-20(14-12-19)25(33)30-15-5-6-16-30)18-35-27-29-23-10-4-3-9-22(23)26(34)31(27)21-7-1-2-8-21/h3-4,9-14,21H,1-2,5-8,15-18H2,(H,28,32). The Kier molecular flexibility index (Phi) is 7.18. The highest BCUT2D eigenvalue weighted by Crippen LogP contribution is 2.32. The van der Waals surface area contributed by atoms with Gasteiger partial charge >= 0.3 is 0 Å². The lowest BCUT2D eigenvalue weighted by molar-refractivity contribution is -0.118. The number of para-hydroxylation sites is 1. The predicted octanol–water partition coefficient (Wildman–Crippen LogP) is 4.16. The third-order valence-corrected chi connectivity index (χ3v) is 7.83. The molecule has 0 bridgehead atoms. The lowest BCUT2D eigenvalue weighted by Crippen LogP contribution is -2.28. The molecule has 0 spiro atoms. The van der Waals surface area contributed by atoms with Crippen molar-refractivity contribution in [1.29, 1.82) is 0 Å². The number of carbonyl (C=O) groups is 2. The highest BCUT2D eigenvalue weighted by atomic mass is 32.2. The second-order valence-corrected chi connectivity index (χ2v) is 10.2. The summed E-state index contributed by atoms with van der Waals surface area (Å²) in [4.78, 5) is 45.0. The van der Waals surface area contributed by atoms with Gasteiger partial charge < -0.3 is 10.2 Å². The minimum absolute atomic E-state index is 0.0195. The molecule has 1 aromatic heterocycles. The van der Waals surface area contributed by atoms with Crippen LogP contribution in [0.4, 0.5) is 0 Å². The Balaban J connectivity index is 1.22. The number of fused-ring (bicyclic) bond motifs is 1. The number of hydrogen-bond acceptors (Lipinski definition) is 5. The Morgan fingerprint density at radius 1 is 0.971 bits per heavy atom. The van der Waals surface area contributed by atoms with Gasteiger partial charge in [-0.15, -0.1) is 0 Å². The van der Waals surface area contributed by atoms with Gasteiger partial charge in [0.25, 0.3) is 11.5 Å². The van der Waals surface area contributed by atoms with Gasteiger partial charge in [-0.2, -0.15) is 0 Å². The molecule has 1 saturated heterocycles. The summed E-state index contributed by atoms with van der Waals surface area (Å²) in [7, 11) is 0. The molecule has 2 fully saturated rings. The molecule has 2 amide bonds. The van der Waals surface area contributed by atoms with E-state index in [-0.39, 0.29) is 29.2 Å². The molecule has 3 aromatic rings. The number of amides is 2. The maximum atomic E-state index is 13.2. The summed E-state index contributed by atoms with van der Waals surface area (Å²) in [6.07, 6.45) is 6.29. The Morgan fingerprint density at radius 3 is 2.43 bits per heavy atom. The van der Waals surface area contributed by atoms with Gasteiger partial charge in [0, 0.05) is 31.2 Å². The molecular weight excluding hydrogens is 460 g/mol. The number of thioether (sulfide) groups is 1. The van der Waals surface area contributed by atoms with Crippen LogP contribution in [0.25, 0.3) is 10.9 Å². The van der Waals surface area contributed by atoms with Crippen LogP contribution < -0.4 is 10.9 Å². The monoisotopic (exact) mass is 490 g/mol. The molecule has 0 radical (unpaired) electrons. The van der Waals surface area contributed by atoms with Crippen LogP contribution in [0.5, 0.6) is 0 Å². The van der Waals surface area contributed by atoms with Crippen molar-refractivity contribution in [3.8, 4) is 0 Å². The van der Waals surface area contributed by atoms with Crippen LogP contribution in [-0.2, 0) is 11.3 Å². The van der Waals surface area contributed by atoms with E-state index in [1.807, 2.05) is 58.0 Å². The van der Waals surface area contributed by atoms with Gasteiger partial charge in [0.1, 0.15) is 0 Å². The van der Waals surface area contributed by atoms with Crippen molar-refractivity contribution in [1.82, 2.24) is 19.8 Å². The van der Waals surface area contributed by atoms with Gasteiger partial charge in [0.05, 0.1) is 16.7 Å². The number of rotatable bonds is 7. The maximum Gasteiger partial charge on any atom is 0.262 e. The average molecular weight is 491 g/mol. The number of likely N-dealkylation sites (tertiary alicyclic amines) is 1. The van der Waals surface area contributed by atoms with Gasteiger partial charge in [-0.1, -0.05) is 48.9 Å². The van der Waals surface area contributed by atoms with E-state index in [0.29, 0.717) is 28.2 Å². The first kappa shape index (κ1) is 23.6. The van der Waals surface area contributed by atoms with Crippen molar-refractivity contribution in [2.45, 2.75) is 56.3 Å². The van der Waals surface area contributed by atoms with Gasteiger partial charge in [0.2, 0.25) is 5.91 Å². The Hall–Kier alpha value is -3.13. The minimum atomic E-state index is -0.118. The van der Waals surface area contributed by atoms with Crippen molar-refractivity contribution < 1.29 is 9.59 Å². The first-order chi connectivity index (χ1) is 17.1. The van der Waals surface area contributed by atoms with Crippen LogP contribution >= 0.6 is 11.8 Å². The van der Waals surface area contributed by atoms with Crippen LogP contribution in [-0.4, -0.2) is 45.1 Å². The van der Waals surface area contributed by atoms with E-state index >= 15 is 0 Å². The van der Waals surface area contributed by atoms with Crippen LogP contribution in [0.2, 0.25) is 0 Å². The summed E-state index contributed by atoms with van der Waals surface area (Å²) in [5.41, 5.74) is 2.27. The Morgan fingerprint density at radius 2 is 1.69 bits per heavy atom. The summed E-state index contributed by atoms with van der Waals surface area (Å²) >= 11 is 1.32. The quantitative estimate of drug-likeness (QED) is 0.397. The molecule has 1 aliphatic carbocycles. The van der Waals surface area contributed by atoms with Crippen LogP contribution in [0, 0.1) is 0 Å². The lowest BCUT2D eigenvalue weighted by atomic mass is 10.1. The second-order valence-electron chi connectivity index (χ2n) is 9.29. The number of hydrogen-bond donors (Lipinski definition) is 1. The topological polar surface area (TPSA) is 84.3 Å². The smallest absolute Gasteiger partial charge is 0.262 e. The number of benzene rings is 2. The van der Waals surface area contributed by atoms with E-state index in [2.05, 4.69) is 5.32 Å². The number of nitrogens with zero attached hydrogens (tertiary/aromatic N) is 3. The predicted molar refractivity (Wildman–Crippen MR) is 138 cm³/mol. The van der Waals surface area contributed by atoms with E-state index in [4.69, 9.17) is 4.98 Å². The maximum absolute atomic E-state index is 13.2. The fourth-order valence-electron chi connectivity index (χ4n) is 4.96. The van der Waals surface area contributed by atoms with Gasteiger partial charge in [0.15, 0.2) is 5.16 Å². The molecule has 0 atom stereocenters. The number of aromatic nitrogens is 2. The summed E-state index contributed by atoms with van der Waals surface area (Å²) in [6.45, 7) is 2.04. The molecule has 7 nitrogen and oxygen atoms in total. The Bertz CT molecular complexity index is 1280. The van der Waals surface area contributed by atoms with E-state index in [1.165, 1.54) is 11.8 Å². The highest BCUT2D eigenvalue weighted by Gasteiger charge is 2.23. The normalized spacial score (nSPS) is 16.2. The summed E-state index contributed by atoms with van der Waals surface area (Å²) in [5, 5.41) is 4.18. The molecule has 1 N–H and O–H groups in total. The highest BCUT2D eigenvalue weighted by molar-refractivity contribution is 7.99. The van der Waals surface area contributed by atoms with Crippen LogP contribution in [0.1, 0.15) is 60.5 Å². The molecule has 182 valence electrons. The Labute approximate surface area is 208 Å². The first-order valence-electron chi connectivity index (χ1n) is 12.4. The molecule has 2 aliphatic rings. The van der Waals surface area contributed by atoms with Gasteiger partial charge in [-0.05, 0) is 55.5 Å². The SMILES string of the molecule is O=C(CSc1nc2ccccc2c(=O)n1C1CCCC1)NCc1ccc(C(=O)N2CCCC2)cc1. The van der Waals surface area contributed by atoms with Gasteiger partial charge in [-0.3, -0.25) is 19.0 Å². The zero-order chi connectivity index (χ0) is 24.2. The molecular formula is C27H30N4O3S. The van der Waals surface area contributed by atoms with Crippen LogP contribution in [0.15, 0.2) is 58.5 Å². The van der Waals surface area contributed by atoms with Crippen LogP contribution in [0.3, 0.4) is 0 Å². The first-order valence-corrected chi connectivity index (χ1v) is 13.4. The van der Waals surface area contributed by atoms with Crippen molar-refractivity contribution in [3.05, 3.63) is 70.0 Å². The van der Waals surface area contributed by atoms with E-state index in [0.717, 1.165) is 57.2 Å². The van der Waals surface area contributed by atoms with E-state index in [1.54, 1.807) is 0 Å². The fraction of sp³-hybridized carbons (Fsp3) is 0.407. The zero-order valence-corrected chi connectivity index (χ0v) is 20.6. The summed E-state index contributed by atoms with van der Waals surface area (Å²) in [6, 6.07) is 15.0. The molecule has 5 rings (SSSR count). The molecule has 1 saturated carbocycles. The minimum Gasteiger partial charge on any atom is -0.351 e. The third kappa shape index (κ3) is 5.27. The van der Waals surface area contributed by atoms with Crippen molar-refractivity contribution in [2.75, 3.05) is 18.8 Å². The molecule has 1 aliphatic heterocycles. The average Bonchev–Trinajstić information content (AvgIpc) is 3.61. The van der Waals surface area contributed by atoms with E-state index in [9.17, 15) is 14.4 Å². The zero-order valence-electron chi connectivity index (χ0n) is 19.7. The van der Waals surface area contributed by atoms with Gasteiger partial charge in [-0.25, -0.2) is 4.98 Å². The summed E-state index contributed by atoms with van der Waals surface area (Å²) in [5.74, 6) is 0.140. The number of carbonyl (C=O) groups excluding carboxylic acids is 2. The van der Waals surface area contributed by atoms with Crippen molar-refractivity contribution in [3.63, 3.8) is 0 Å². The fourth-order valence-corrected chi connectivity index (χ4v) is 5.86.